The van der Waals surface area contributed by atoms with Gasteiger partial charge in [-0.3, -0.25) is 9.59 Å². The normalized spacial score (nSPS) is 10.3. The van der Waals surface area contributed by atoms with Crippen LogP contribution in [0.2, 0.25) is 0 Å². The lowest BCUT2D eigenvalue weighted by Crippen LogP contribution is -2.22. The fourth-order valence-corrected chi connectivity index (χ4v) is 2.55. The Morgan fingerprint density at radius 3 is 1.87 bits per heavy atom. The number of aryl methyl sites for hydroxylation is 4. The molecule has 2 aromatic rings. The third-order valence-electron chi connectivity index (χ3n) is 3.60. The summed E-state index contributed by atoms with van der Waals surface area (Å²) in [5.41, 5.74) is 5.73. The van der Waals surface area contributed by atoms with Gasteiger partial charge in [0, 0.05) is 11.4 Å². The van der Waals surface area contributed by atoms with Crippen molar-refractivity contribution in [2.45, 2.75) is 34.1 Å². The number of nitrogens with one attached hydrogen (secondary N) is 2. The molecule has 4 heteroatoms. The van der Waals surface area contributed by atoms with E-state index in [1.54, 1.807) is 0 Å². The molecule has 2 N–H and O–H groups in total. The molecule has 0 aliphatic carbocycles. The predicted octanol–water partition coefficient (Wildman–Crippen LogP) is 3.89. The molecule has 0 unspecified atom stereocenters. The summed E-state index contributed by atoms with van der Waals surface area (Å²) < 4.78 is 0. The zero-order chi connectivity index (χ0) is 17.0. The van der Waals surface area contributed by atoms with Gasteiger partial charge in [0.2, 0.25) is 11.8 Å². The summed E-state index contributed by atoms with van der Waals surface area (Å²) in [6.07, 6.45) is -0.208. The quantitative estimate of drug-likeness (QED) is 0.842. The smallest absolute Gasteiger partial charge is 0.233 e. The Kier molecular flexibility index (Phi) is 5.16. The molecule has 0 aliphatic heterocycles. The lowest BCUT2D eigenvalue weighted by molar-refractivity contribution is -0.123. The standard InChI is InChI=1S/C19H22N2O2/c1-12-5-7-16(8-6-12)20-17(22)11-18(23)21-19-14(3)9-13(2)10-15(19)4/h5-10H,11H2,1-4H3,(H,20,22)(H,21,23). The molecule has 0 saturated heterocycles. The monoisotopic (exact) mass is 310 g/mol. The number of carbonyl (C=O) groups is 2. The van der Waals surface area contributed by atoms with Crippen molar-refractivity contribution in [2.75, 3.05) is 10.6 Å². The second-order valence-corrected chi connectivity index (χ2v) is 5.91. The topological polar surface area (TPSA) is 58.2 Å². The van der Waals surface area contributed by atoms with Gasteiger partial charge in [-0.1, -0.05) is 35.4 Å². The minimum atomic E-state index is -0.325. The van der Waals surface area contributed by atoms with Crippen LogP contribution in [0, 0.1) is 27.7 Å². The second kappa shape index (κ2) is 7.09. The molecule has 120 valence electrons. The summed E-state index contributed by atoms with van der Waals surface area (Å²) in [7, 11) is 0. The number of hydrogen-bond donors (Lipinski definition) is 2. The van der Waals surface area contributed by atoms with Gasteiger partial charge in [-0.25, -0.2) is 0 Å². The number of hydrogen-bond acceptors (Lipinski definition) is 2. The van der Waals surface area contributed by atoms with Crippen molar-refractivity contribution in [1.29, 1.82) is 0 Å². The highest BCUT2D eigenvalue weighted by Gasteiger charge is 2.12. The minimum absolute atomic E-state index is 0.208. The second-order valence-electron chi connectivity index (χ2n) is 5.91. The molecule has 2 amide bonds. The Morgan fingerprint density at radius 1 is 0.783 bits per heavy atom. The predicted molar refractivity (Wildman–Crippen MR) is 93.7 cm³/mol. The zero-order valence-electron chi connectivity index (χ0n) is 14.0. The number of carbonyl (C=O) groups excluding carboxylic acids is 2. The van der Waals surface area contributed by atoms with Crippen LogP contribution in [-0.4, -0.2) is 11.8 Å². The van der Waals surface area contributed by atoms with Gasteiger partial charge in [0.05, 0.1) is 0 Å². The molecule has 2 rings (SSSR count). The first kappa shape index (κ1) is 16.7. The van der Waals surface area contributed by atoms with Crippen molar-refractivity contribution in [3.63, 3.8) is 0 Å². The van der Waals surface area contributed by atoms with Gasteiger partial charge in [-0.05, 0) is 51.0 Å². The molecule has 0 atom stereocenters. The molecule has 0 aliphatic rings. The average molecular weight is 310 g/mol. The molecular formula is C19H22N2O2. The maximum Gasteiger partial charge on any atom is 0.233 e. The van der Waals surface area contributed by atoms with Crippen LogP contribution in [0.1, 0.15) is 28.7 Å². The summed E-state index contributed by atoms with van der Waals surface area (Å²) in [4.78, 5) is 24.0. The molecule has 0 spiro atoms. The van der Waals surface area contributed by atoms with Crippen molar-refractivity contribution in [2.24, 2.45) is 0 Å². The number of anilines is 2. The first-order valence-electron chi connectivity index (χ1n) is 7.59. The molecule has 2 aromatic carbocycles. The van der Waals surface area contributed by atoms with Gasteiger partial charge in [0.25, 0.3) is 0 Å². The van der Waals surface area contributed by atoms with Crippen LogP contribution in [0.5, 0.6) is 0 Å². The Hall–Kier alpha value is -2.62. The van der Waals surface area contributed by atoms with E-state index in [1.165, 1.54) is 0 Å². The Morgan fingerprint density at radius 2 is 1.30 bits per heavy atom. The van der Waals surface area contributed by atoms with Gasteiger partial charge in [-0.2, -0.15) is 0 Å². The molecule has 0 bridgehead atoms. The van der Waals surface area contributed by atoms with E-state index in [2.05, 4.69) is 10.6 Å². The molecule has 0 radical (unpaired) electrons. The third kappa shape index (κ3) is 4.68. The van der Waals surface area contributed by atoms with Gasteiger partial charge in [0.15, 0.2) is 0 Å². The van der Waals surface area contributed by atoms with Gasteiger partial charge in [0.1, 0.15) is 6.42 Å². The lowest BCUT2D eigenvalue weighted by atomic mass is 10.0. The van der Waals surface area contributed by atoms with Crippen molar-refractivity contribution in [1.82, 2.24) is 0 Å². The number of benzene rings is 2. The van der Waals surface area contributed by atoms with Crippen molar-refractivity contribution in [3.05, 3.63) is 58.7 Å². The molecule has 0 aromatic heterocycles. The Bertz CT molecular complexity index is 711. The first-order valence-corrected chi connectivity index (χ1v) is 7.59. The van der Waals surface area contributed by atoms with E-state index < -0.39 is 0 Å². The summed E-state index contributed by atoms with van der Waals surface area (Å²) >= 11 is 0. The summed E-state index contributed by atoms with van der Waals surface area (Å²) in [5, 5.41) is 5.56. The summed E-state index contributed by atoms with van der Waals surface area (Å²) in [6.45, 7) is 7.88. The fraction of sp³-hybridized carbons (Fsp3) is 0.263. The van der Waals surface area contributed by atoms with E-state index in [0.717, 1.165) is 27.9 Å². The maximum absolute atomic E-state index is 12.1. The Balaban J connectivity index is 1.97. The molecule has 23 heavy (non-hydrogen) atoms. The van der Waals surface area contributed by atoms with Gasteiger partial charge < -0.3 is 10.6 Å². The third-order valence-corrected chi connectivity index (χ3v) is 3.60. The number of rotatable bonds is 4. The lowest BCUT2D eigenvalue weighted by Gasteiger charge is -2.13. The number of amides is 2. The van der Waals surface area contributed by atoms with E-state index in [4.69, 9.17) is 0 Å². The largest absolute Gasteiger partial charge is 0.326 e. The maximum atomic E-state index is 12.1. The molecule has 0 fully saturated rings. The van der Waals surface area contributed by atoms with Crippen LogP contribution in [-0.2, 0) is 9.59 Å². The van der Waals surface area contributed by atoms with E-state index >= 15 is 0 Å². The van der Waals surface area contributed by atoms with Gasteiger partial charge in [-0.15, -0.1) is 0 Å². The molecule has 4 nitrogen and oxygen atoms in total. The van der Waals surface area contributed by atoms with Crippen LogP contribution >= 0.6 is 0 Å². The highest BCUT2D eigenvalue weighted by Crippen LogP contribution is 2.22. The van der Waals surface area contributed by atoms with Crippen LogP contribution in [0.15, 0.2) is 36.4 Å². The highest BCUT2D eigenvalue weighted by atomic mass is 16.2. The minimum Gasteiger partial charge on any atom is -0.326 e. The van der Waals surface area contributed by atoms with E-state index in [0.29, 0.717) is 5.69 Å². The van der Waals surface area contributed by atoms with E-state index in [1.807, 2.05) is 64.1 Å². The fourth-order valence-electron chi connectivity index (χ4n) is 2.55. The van der Waals surface area contributed by atoms with Crippen molar-refractivity contribution in [3.8, 4) is 0 Å². The van der Waals surface area contributed by atoms with Crippen LogP contribution in [0.4, 0.5) is 11.4 Å². The van der Waals surface area contributed by atoms with Crippen LogP contribution in [0.25, 0.3) is 0 Å². The van der Waals surface area contributed by atoms with E-state index in [-0.39, 0.29) is 18.2 Å². The molecule has 0 heterocycles. The average Bonchev–Trinajstić information content (AvgIpc) is 2.45. The zero-order valence-corrected chi connectivity index (χ0v) is 14.0. The highest BCUT2D eigenvalue weighted by molar-refractivity contribution is 6.08. The molecule has 0 saturated carbocycles. The SMILES string of the molecule is Cc1ccc(NC(=O)CC(=O)Nc2c(C)cc(C)cc2C)cc1. The van der Waals surface area contributed by atoms with Crippen molar-refractivity contribution < 1.29 is 9.59 Å². The summed E-state index contributed by atoms with van der Waals surface area (Å²) in [5.74, 6) is -0.640. The van der Waals surface area contributed by atoms with E-state index in [9.17, 15) is 9.59 Å². The Labute approximate surface area is 136 Å². The first-order chi connectivity index (χ1) is 10.8. The van der Waals surface area contributed by atoms with Gasteiger partial charge >= 0.3 is 0 Å². The van der Waals surface area contributed by atoms with Crippen LogP contribution < -0.4 is 10.6 Å². The van der Waals surface area contributed by atoms with Crippen molar-refractivity contribution >= 4 is 23.2 Å². The summed E-state index contributed by atoms with van der Waals surface area (Å²) in [6, 6.07) is 11.5. The molecular weight excluding hydrogens is 288 g/mol. The van der Waals surface area contributed by atoms with Crippen LogP contribution in [0.3, 0.4) is 0 Å².